The highest BCUT2D eigenvalue weighted by Crippen LogP contribution is 2.36. The van der Waals surface area contributed by atoms with Gasteiger partial charge < -0.3 is 15.0 Å². The molecule has 35 heavy (non-hydrogen) atoms. The number of likely N-dealkylation sites (tertiary alicyclic amines) is 1. The van der Waals surface area contributed by atoms with Crippen LogP contribution in [-0.4, -0.2) is 45.5 Å². The van der Waals surface area contributed by atoms with Crippen molar-refractivity contribution >= 4 is 22.8 Å². The normalized spacial score (nSPS) is 18.9. The summed E-state index contributed by atoms with van der Waals surface area (Å²) in [5.74, 6) is -0.800. The molecule has 4 rings (SSSR count). The molecule has 3 aromatic rings. The first-order valence-electron chi connectivity index (χ1n) is 11.1. The van der Waals surface area contributed by atoms with Crippen LogP contribution in [-0.2, 0) is 22.2 Å². The Bertz CT molecular complexity index is 1350. The number of carbonyl (C=O) groups is 1. The van der Waals surface area contributed by atoms with Crippen LogP contribution in [0.5, 0.6) is 0 Å². The molecule has 3 heterocycles. The van der Waals surface area contributed by atoms with Gasteiger partial charge in [-0.15, -0.1) is 0 Å². The first-order valence-corrected chi connectivity index (χ1v) is 11.1. The number of amides is 1. The highest BCUT2D eigenvalue weighted by molar-refractivity contribution is 5.87. The second kappa shape index (κ2) is 9.29. The highest BCUT2D eigenvalue weighted by atomic mass is 19.3. The maximum Gasteiger partial charge on any atom is 0.266 e. The predicted molar refractivity (Wildman–Crippen MR) is 124 cm³/mol. The lowest BCUT2D eigenvalue weighted by Gasteiger charge is -2.28. The standard InChI is InChI=1S/C24H26F3N5O3/c1-13(15-6-5-7-16(19(15)25)20(26)27)30-21-17-10-18(23(34)31(3)22(17)29-12-28-21)24(35-4)8-9-32(11-24)14(2)33/h5-7,10,12-13,20H,8-9,11H2,1-4H3,(H,28,29,30)/t13-,24+/m1/s1. The van der Waals surface area contributed by atoms with Crippen LogP contribution in [0.2, 0.25) is 0 Å². The fourth-order valence-electron chi connectivity index (χ4n) is 4.61. The van der Waals surface area contributed by atoms with Crippen LogP contribution in [0.3, 0.4) is 0 Å². The zero-order chi connectivity index (χ0) is 25.5. The van der Waals surface area contributed by atoms with Crippen LogP contribution in [0.15, 0.2) is 35.4 Å². The smallest absolute Gasteiger partial charge is 0.266 e. The number of halogens is 3. The third-order valence-corrected chi connectivity index (χ3v) is 6.68. The van der Waals surface area contributed by atoms with Crippen LogP contribution in [0.25, 0.3) is 11.0 Å². The average molecular weight is 489 g/mol. The number of anilines is 1. The monoisotopic (exact) mass is 489 g/mol. The van der Waals surface area contributed by atoms with Gasteiger partial charge >= 0.3 is 0 Å². The first-order chi connectivity index (χ1) is 16.6. The van der Waals surface area contributed by atoms with Gasteiger partial charge in [0.15, 0.2) is 0 Å². The molecule has 1 amide bonds. The van der Waals surface area contributed by atoms with Gasteiger partial charge in [0.1, 0.15) is 29.2 Å². The lowest BCUT2D eigenvalue weighted by atomic mass is 9.92. The number of carbonyl (C=O) groups excluding carboxylic acids is 1. The number of pyridine rings is 1. The van der Waals surface area contributed by atoms with Crippen molar-refractivity contribution in [2.45, 2.75) is 38.3 Å². The Morgan fingerprint density at radius 2 is 1.97 bits per heavy atom. The summed E-state index contributed by atoms with van der Waals surface area (Å²) in [6.07, 6.45) is -1.24. The molecule has 0 saturated carbocycles. The van der Waals surface area contributed by atoms with E-state index in [0.717, 1.165) is 6.07 Å². The first kappa shape index (κ1) is 24.6. The Kier molecular flexibility index (Phi) is 6.54. The van der Waals surface area contributed by atoms with Crippen molar-refractivity contribution in [3.63, 3.8) is 0 Å². The van der Waals surface area contributed by atoms with Gasteiger partial charge in [0, 0.05) is 39.6 Å². The molecule has 0 radical (unpaired) electrons. The van der Waals surface area contributed by atoms with Crippen molar-refractivity contribution in [1.82, 2.24) is 19.4 Å². The molecule has 1 aliphatic rings. The summed E-state index contributed by atoms with van der Waals surface area (Å²) in [6.45, 7) is 3.75. The molecule has 0 spiro atoms. The van der Waals surface area contributed by atoms with Crippen molar-refractivity contribution in [3.8, 4) is 0 Å². The minimum atomic E-state index is -2.94. The molecule has 1 aliphatic heterocycles. The number of aromatic nitrogens is 3. The van der Waals surface area contributed by atoms with Crippen LogP contribution in [0.1, 0.15) is 49.4 Å². The minimum Gasteiger partial charge on any atom is -0.371 e. The molecule has 0 unspecified atom stereocenters. The van der Waals surface area contributed by atoms with E-state index in [9.17, 15) is 22.8 Å². The van der Waals surface area contributed by atoms with Gasteiger partial charge in [-0.2, -0.15) is 0 Å². The third kappa shape index (κ3) is 4.24. The SMILES string of the molecule is CO[C@@]1(c2cc3c(N[C@H](C)c4cccc(C(F)F)c4F)ncnc3n(C)c2=O)CCN(C(C)=O)C1. The third-order valence-electron chi connectivity index (χ3n) is 6.68. The molecule has 1 aromatic carbocycles. The van der Waals surface area contributed by atoms with E-state index in [0.29, 0.717) is 35.4 Å². The predicted octanol–water partition coefficient (Wildman–Crippen LogP) is 3.67. The summed E-state index contributed by atoms with van der Waals surface area (Å²) in [6, 6.07) is 4.77. The van der Waals surface area contributed by atoms with E-state index in [1.807, 2.05) is 0 Å². The number of aryl methyl sites for hydroxylation is 1. The molecule has 0 bridgehead atoms. The number of fused-ring (bicyclic) bond motifs is 1. The Morgan fingerprint density at radius 1 is 1.26 bits per heavy atom. The van der Waals surface area contributed by atoms with Gasteiger partial charge in [-0.3, -0.25) is 14.2 Å². The summed E-state index contributed by atoms with van der Waals surface area (Å²) in [7, 11) is 3.07. The summed E-state index contributed by atoms with van der Waals surface area (Å²) in [5.41, 5.74) is -1.27. The van der Waals surface area contributed by atoms with Gasteiger partial charge in [-0.25, -0.2) is 23.1 Å². The minimum absolute atomic E-state index is 0.0564. The van der Waals surface area contributed by atoms with Crippen LogP contribution < -0.4 is 10.9 Å². The van der Waals surface area contributed by atoms with E-state index in [2.05, 4.69) is 15.3 Å². The van der Waals surface area contributed by atoms with Crippen LogP contribution in [0.4, 0.5) is 19.0 Å². The molecule has 1 saturated heterocycles. The number of methoxy groups -OCH3 is 1. The van der Waals surface area contributed by atoms with Crippen LogP contribution >= 0.6 is 0 Å². The van der Waals surface area contributed by atoms with Crippen molar-refractivity contribution in [1.29, 1.82) is 0 Å². The van der Waals surface area contributed by atoms with E-state index < -0.39 is 29.4 Å². The Hall–Kier alpha value is -3.47. The van der Waals surface area contributed by atoms with Crippen molar-refractivity contribution in [2.24, 2.45) is 7.05 Å². The van der Waals surface area contributed by atoms with E-state index in [-0.39, 0.29) is 23.6 Å². The van der Waals surface area contributed by atoms with E-state index in [1.165, 1.54) is 37.1 Å². The van der Waals surface area contributed by atoms with Crippen molar-refractivity contribution < 1.29 is 22.7 Å². The molecule has 8 nitrogen and oxygen atoms in total. The number of hydrogen-bond donors (Lipinski definition) is 1. The molecular weight excluding hydrogens is 463 g/mol. The Labute approximate surface area is 199 Å². The number of hydrogen-bond acceptors (Lipinski definition) is 6. The van der Waals surface area contributed by atoms with Gasteiger partial charge in [0.05, 0.1) is 29.1 Å². The quantitative estimate of drug-likeness (QED) is 0.569. The topological polar surface area (TPSA) is 89.3 Å². The number of alkyl halides is 2. The summed E-state index contributed by atoms with van der Waals surface area (Å²) in [5, 5.41) is 3.55. The van der Waals surface area contributed by atoms with E-state index >= 15 is 0 Å². The number of benzene rings is 1. The van der Waals surface area contributed by atoms with Crippen molar-refractivity contribution in [3.05, 3.63) is 63.5 Å². The maximum atomic E-state index is 14.7. The maximum absolute atomic E-state index is 14.7. The lowest BCUT2D eigenvalue weighted by molar-refractivity contribution is -0.129. The molecule has 2 atom stereocenters. The van der Waals surface area contributed by atoms with Gasteiger partial charge in [-0.05, 0) is 13.0 Å². The van der Waals surface area contributed by atoms with Gasteiger partial charge in [-0.1, -0.05) is 18.2 Å². The summed E-state index contributed by atoms with van der Waals surface area (Å²) < 4.78 is 48.3. The number of rotatable bonds is 6. The molecular formula is C24H26F3N5O3. The van der Waals surface area contributed by atoms with Crippen LogP contribution in [0, 0.1) is 5.82 Å². The molecule has 2 aromatic heterocycles. The average Bonchev–Trinajstić information content (AvgIpc) is 3.27. The second-order valence-electron chi connectivity index (χ2n) is 8.69. The Balaban J connectivity index is 1.80. The molecule has 1 N–H and O–H groups in total. The van der Waals surface area contributed by atoms with E-state index in [1.54, 1.807) is 24.9 Å². The highest BCUT2D eigenvalue weighted by Gasteiger charge is 2.43. The fourth-order valence-corrected chi connectivity index (χ4v) is 4.61. The number of ether oxygens (including phenoxy) is 1. The zero-order valence-electron chi connectivity index (χ0n) is 19.8. The summed E-state index contributed by atoms with van der Waals surface area (Å²) in [4.78, 5) is 35.3. The zero-order valence-corrected chi connectivity index (χ0v) is 19.8. The summed E-state index contributed by atoms with van der Waals surface area (Å²) >= 11 is 0. The molecule has 11 heteroatoms. The Morgan fingerprint density at radius 3 is 2.60 bits per heavy atom. The van der Waals surface area contributed by atoms with Gasteiger partial charge in [0.2, 0.25) is 5.91 Å². The fraction of sp³-hybridized carbons (Fsp3) is 0.417. The second-order valence-corrected chi connectivity index (χ2v) is 8.69. The molecule has 0 aliphatic carbocycles. The van der Waals surface area contributed by atoms with Gasteiger partial charge in [0.25, 0.3) is 12.0 Å². The largest absolute Gasteiger partial charge is 0.371 e. The number of nitrogens with zero attached hydrogens (tertiary/aromatic N) is 4. The molecule has 186 valence electrons. The van der Waals surface area contributed by atoms with E-state index in [4.69, 9.17) is 4.74 Å². The number of nitrogens with one attached hydrogen (secondary N) is 1. The molecule has 1 fully saturated rings. The lowest BCUT2D eigenvalue weighted by Crippen LogP contribution is -2.40. The van der Waals surface area contributed by atoms with Crippen molar-refractivity contribution in [2.75, 3.05) is 25.5 Å².